The first-order valence-electron chi connectivity index (χ1n) is 13.5. The number of nitrogens with zero attached hydrogens (tertiary/aromatic N) is 3. The maximum Gasteiger partial charge on any atom is 0.255 e. The van der Waals surface area contributed by atoms with Crippen LogP contribution in [0.4, 0.5) is 0 Å². The van der Waals surface area contributed by atoms with Crippen LogP contribution in [0.25, 0.3) is 0 Å². The molecule has 4 aliphatic heterocycles. The van der Waals surface area contributed by atoms with E-state index in [2.05, 4.69) is 22.0 Å². The molecule has 9 heteroatoms. The van der Waals surface area contributed by atoms with Crippen molar-refractivity contribution in [1.29, 1.82) is 0 Å². The van der Waals surface area contributed by atoms with Gasteiger partial charge in [0.25, 0.3) is 5.91 Å². The molecule has 36 heavy (non-hydrogen) atoms. The van der Waals surface area contributed by atoms with Crippen LogP contribution in [-0.2, 0) is 16.1 Å². The average molecular weight is 499 g/mol. The third-order valence-electron chi connectivity index (χ3n) is 8.36. The zero-order valence-electron chi connectivity index (χ0n) is 21.2. The SMILES string of the molecule is CCN1CCC[C@@H](C(O)N2CCCC[C@@H]2COc2ccc3c(c2)CN(C2CCC(=O)NC2=O)C3=O)C1. The summed E-state index contributed by atoms with van der Waals surface area (Å²) in [5.41, 5.74) is 1.42. The summed E-state index contributed by atoms with van der Waals surface area (Å²) < 4.78 is 6.22. The summed E-state index contributed by atoms with van der Waals surface area (Å²) in [6, 6.07) is 5.01. The number of ether oxygens (including phenoxy) is 1. The van der Waals surface area contributed by atoms with Gasteiger partial charge in [0.05, 0.1) is 0 Å². The lowest BCUT2D eigenvalue weighted by molar-refractivity contribution is -0.136. The van der Waals surface area contributed by atoms with Crippen LogP contribution in [0.3, 0.4) is 0 Å². The number of aliphatic hydroxyl groups is 1. The number of carbonyl (C=O) groups excluding carboxylic acids is 3. The van der Waals surface area contributed by atoms with Crippen molar-refractivity contribution in [3.05, 3.63) is 29.3 Å². The lowest BCUT2D eigenvalue weighted by Gasteiger charge is -2.44. The van der Waals surface area contributed by atoms with Gasteiger partial charge in [0.15, 0.2) is 0 Å². The topological polar surface area (TPSA) is 102 Å². The van der Waals surface area contributed by atoms with Gasteiger partial charge in [-0.15, -0.1) is 0 Å². The molecule has 3 amide bonds. The first kappa shape index (κ1) is 25.2. The van der Waals surface area contributed by atoms with Gasteiger partial charge in [-0.2, -0.15) is 0 Å². The highest BCUT2D eigenvalue weighted by Crippen LogP contribution is 2.31. The van der Waals surface area contributed by atoms with E-state index in [4.69, 9.17) is 4.74 Å². The third-order valence-corrected chi connectivity index (χ3v) is 8.36. The molecule has 0 saturated carbocycles. The number of hydrogen-bond donors (Lipinski definition) is 2. The maximum absolute atomic E-state index is 12.9. The summed E-state index contributed by atoms with van der Waals surface area (Å²) in [7, 11) is 0. The lowest BCUT2D eigenvalue weighted by atomic mass is 9.92. The van der Waals surface area contributed by atoms with Crippen molar-refractivity contribution in [2.75, 3.05) is 32.8 Å². The van der Waals surface area contributed by atoms with Crippen LogP contribution in [0.1, 0.15) is 67.8 Å². The van der Waals surface area contributed by atoms with E-state index in [1.54, 1.807) is 11.0 Å². The minimum Gasteiger partial charge on any atom is -0.492 e. The Bertz CT molecular complexity index is 1000. The van der Waals surface area contributed by atoms with Crippen molar-refractivity contribution in [1.82, 2.24) is 20.0 Å². The van der Waals surface area contributed by atoms with Crippen LogP contribution >= 0.6 is 0 Å². The van der Waals surface area contributed by atoms with Gasteiger partial charge in [-0.1, -0.05) is 13.3 Å². The van der Waals surface area contributed by atoms with Crippen LogP contribution in [0.2, 0.25) is 0 Å². The first-order valence-corrected chi connectivity index (χ1v) is 13.5. The highest BCUT2D eigenvalue weighted by molar-refractivity contribution is 6.05. The highest BCUT2D eigenvalue weighted by atomic mass is 16.5. The molecule has 2 unspecified atom stereocenters. The smallest absolute Gasteiger partial charge is 0.255 e. The predicted octanol–water partition coefficient (Wildman–Crippen LogP) is 1.73. The van der Waals surface area contributed by atoms with E-state index in [1.165, 1.54) is 0 Å². The Morgan fingerprint density at radius 2 is 1.97 bits per heavy atom. The Morgan fingerprint density at radius 3 is 2.78 bits per heavy atom. The highest BCUT2D eigenvalue weighted by Gasteiger charge is 2.39. The fourth-order valence-electron chi connectivity index (χ4n) is 6.28. The van der Waals surface area contributed by atoms with Gasteiger partial charge < -0.3 is 19.6 Å². The molecule has 0 radical (unpaired) electrons. The van der Waals surface area contributed by atoms with Crippen LogP contribution in [0, 0.1) is 5.92 Å². The molecule has 5 rings (SSSR count). The second kappa shape index (κ2) is 10.9. The summed E-state index contributed by atoms with van der Waals surface area (Å²) >= 11 is 0. The average Bonchev–Trinajstić information content (AvgIpc) is 3.22. The molecule has 4 heterocycles. The van der Waals surface area contributed by atoms with Gasteiger partial charge in [-0.3, -0.25) is 24.6 Å². The zero-order chi connectivity index (χ0) is 25.2. The van der Waals surface area contributed by atoms with Gasteiger partial charge in [-0.25, -0.2) is 0 Å². The minimum atomic E-state index is -0.618. The van der Waals surface area contributed by atoms with Crippen molar-refractivity contribution in [2.45, 2.75) is 76.7 Å². The molecule has 3 saturated heterocycles. The van der Waals surface area contributed by atoms with Crippen molar-refractivity contribution in [3.63, 3.8) is 0 Å². The quantitative estimate of drug-likeness (QED) is 0.552. The molecular formula is C27H38N4O5. The molecule has 1 aromatic rings. The molecule has 0 aliphatic carbocycles. The number of imide groups is 1. The van der Waals surface area contributed by atoms with E-state index in [0.717, 1.165) is 63.8 Å². The monoisotopic (exact) mass is 498 g/mol. The molecule has 4 atom stereocenters. The Hall–Kier alpha value is -2.49. The molecular weight excluding hydrogens is 460 g/mol. The molecule has 9 nitrogen and oxygen atoms in total. The van der Waals surface area contributed by atoms with Crippen molar-refractivity contribution >= 4 is 17.7 Å². The second-order valence-electron chi connectivity index (χ2n) is 10.6. The first-order chi connectivity index (χ1) is 17.4. The van der Waals surface area contributed by atoms with Gasteiger partial charge >= 0.3 is 0 Å². The van der Waals surface area contributed by atoms with Crippen molar-refractivity contribution in [3.8, 4) is 5.75 Å². The Labute approximate surface area is 212 Å². The number of carbonyl (C=O) groups is 3. The van der Waals surface area contributed by atoms with Gasteiger partial charge in [0.2, 0.25) is 11.8 Å². The lowest BCUT2D eigenvalue weighted by Crippen LogP contribution is -2.54. The Morgan fingerprint density at radius 1 is 1.11 bits per heavy atom. The summed E-state index contributed by atoms with van der Waals surface area (Å²) in [5, 5.41) is 13.6. The minimum absolute atomic E-state index is 0.153. The summed E-state index contributed by atoms with van der Waals surface area (Å²) in [4.78, 5) is 42.9. The molecule has 2 N–H and O–H groups in total. The maximum atomic E-state index is 12.9. The molecule has 0 spiro atoms. The van der Waals surface area contributed by atoms with E-state index < -0.39 is 18.2 Å². The van der Waals surface area contributed by atoms with Crippen LogP contribution in [0.15, 0.2) is 18.2 Å². The number of rotatable bonds is 7. The van der Waals surface area contributed by atoms with Crippen molar-refractivity contribution in [2.24, 2.45) is 5.92 Å². The van der Waals surface area contributed by atoms with E-state index in [0.29, 0.717) is 30.9 Å². The van der Waals surface area contributed by atoms with E-state index in [1.807, 2.05) is 12.1 Å². The van der Waals surface area contributed by atoms with Crippen LogP contribution in [-0.4, -0.2) is 88.6 Å². The number of likely N-dealkylation sites (tertiary alicyclic amines) is 2. The van der Waals surface area contributed by atoms with Gasteiger partial charge in [0.1, 0.15) is 24.6 Å². The summed E-state index contributed by atoms with van der Waals surface area (Å²) in [6.07, 6.45) is 5.55. The number of hydrogen-bond acceptors (Lipinski definition) is 7. The number of fused-ring (bicyclic) bond motifs is 1. The number of nitrogens with one attached hydrogen (secondary N) is 1. The van der Waals surface area contributed by atoms with Gasteiger partial charge in [0, 0.05) is 43.6 Å². The van der Waals surface area contributed by atoms with Crippen molar-refractivity contribution < 1.29 is 24.2 Å². The second-order valence-corrected chi connectivity index (χ2v) is 10.6. The molecule has 0 aromatic heterocycles. The Kier molecular flexibility index (Phi) is 7.60. The largest absolute Gasteiger partial charge is 0.492 e. The summed E-state index contributed by atoms with van der Waals surface area (Å²) in [5.74, 6) is 0.0929. The number of amides is 3. The molecule has 3 fully saturated rings. The summed E-state index contributed by atoms with van der Waals surface area (Å²) in [6.45, 7) is 6.99. The van der Waals surface area contributed by atoms with Gasteiger partial charge in [-0.05, 0) is 69.0 Å². The van der Waals surface area contributed by atoms with Crippen LogP contribution in [0.5, 0.6) is 5.75 Å². The number of piperidine rings is 3. The normalized spacial score (nSPS) is 28.7. The van der Waals surface area contributed by atoms with E-state index in [-0.39, 0.29) is 30.2 Å². The third kappa shape index (κ3) is 5.14. The fraction of sp³-hybridized carbons (Fsp3) is 0.667. The number of benzene rings is 1. The zero-order valence-corrected chi connectivity index (χ0v) is 21.2. The van der Waals surface area contributed by atoms with Crippen LogP contribution < -0.4 is 10.1 Å². The predicted molar refractivity (Wildman–Crippen MR) is 133 cm³/mol. The Balaban J connectivity index is 1.21. The van der Waals surface area contributed by atoms with E-state index in [9.17, 15) is 19.5 Å². The molecule has 4 aliphatic rings. The number of aliphatic hydroxyl groups excluding tert-OH is 1. The molecule has 196 valence electrons. The molecule has 1 aromatic carbocycles. The molecule has 0 bridgehead atoms. The standard InChI is InChI=1S/C27H38N4O5/c1-2-29-12-5-6-18(15-29)26(34)30-13-4-3-7-20(30)17-36-21-8-9-22-19(14-21)16-31(27(22)35)23-10-11-24(32)28-25(23)33/h8-9,14,18,20,23,26,34H,2-7,10-13,15-17H2,1H3,(H,28,32,33)/t18-,20-,23?,26?/m1/s1. The fourth-order valence-corrected chi connectivity index (χ4v) is 6.28. The van der Waals surface area contributed by atoms with E-state index >= 15 is 0 Å².